The molecule has 0 aliphatic carbocycles. The summed E-state index contributed by atoms with van der Waals surface area (Å²) in [7, 11) is 0. The first kappa shape index (κ1) is 14.1. The summed E-state index contributed by atoms with van der Waals surface area (Å²) < 4.78 is 8.42. The molecule has 2 heterocycles. The molecule has 1 atom stereocenters. The lowest BCUT2D eigenvalue weighted by molar-refractivity contribution is 0.419. The van der Waals surface area contributed by atoms with Crippen molar-refractivity contribution in [3.8, 4) is 0 Å². The molecule has 1 unspecified atom stereocenters. The molecule has 0 amide bonds. The van der Waals surface area contributed by atoms with Crippen LogP contribution in [0, 0.1) is 4.77 Å². The average molecular weight is 278 g/mol. The van der Waals surface area contributed by atoms with Gasteiger partial charge in [0.05, 0.1) is 6.26 Å². The molecule has 0 aliphatic heterocycles. The molecule has 0 saturated carbocycles. The van der Waals surface area contributed by atoms with Crippen LogP contribution in [0.1, 0.15) is 51.6 Å². The van der Waals surface area contributed by atoms with Crippen molar-refractivity contribution < 1.29 is 4.42 Å². The Morgan fingerprint density at radius 3 is 2.74 bits per heavy atom. The van der Waals surface area contributed by atoms with E-state index in [1.807, 2.05) is 18.3 Å². The summed E-state index contributed by atoms with van der Waals surface area (Å²) in [6.07, 6.45) is 5.71. The van der Waals surface area contributed by atoms with Crippen LogP contribution in [0.25, 0.3) is 0 Å². The van der Waals surface area contributed by atoms with Gasteiger partial charge in [0.15, 0.2) is 4.77 Å². The first-order valence-electron chi connectivity index (χ1n) is 6.72. The number of nitrogens with zero attached hydrogens (tertiary/aromatic N) is 1. The quantitative estimate of drug-likeness (QED) is 0.827. The van der Waals surface area contributed by atoms with E-state index in [-0.39, 0.29) is 5.41 Å². The van der Waals surface area contributed by atoms with E-state index in [0.717, 1.165) is 23.4 Å². The first-order valence-corrected chi connectivity index (χ1v) is 7.13. The molecular weight excluding hydrogens is 256 g/mol. The molecule has 0 aromatic carbocycles. The predicted octanol–water partition coefficient (Wildman–Crippen LogP) is 4.63. The molecule has 0 bridgehead atoms. The Balaban J connectivity index is 2.17. The molecule has 2 aromatic rings. The van der Waals surface area contributed by atoms with E-state index in [0.29, 0.717) is 6.04 Å². The molecule has 3 nitrogen and oxygen atoms in total. The van der Waals surface area contributed by atoms with Gasteiger partial charge in [-0.25, -0.2) is 0 Å². The summed E-state index contributed by atoms with van der Waals surface area (Å²) >= 11 is 5.42. The monoisotopic (exact) mass is 278 g/mol. The van der Waals surface area contributed by atoms with Crippen molar-refractivity contribution in [3.63, 3.8) is 0 Å². The van der Waals surface area contributed by atoms with Gasteiger partial charge in [0.25, 0.3) is 0 Å². The van der Waals surface area contributed by atoms with E-state index in [9.17, 15) is 0 Å². The minimum Gasteiger partial charge on any atom is -0.469 e. The minimum absolute atomic E-state index is 0.0898. The zero-order chi connectivity index (χ0) is 14.0. The largest absolute Gasteiger partial charge is 0.469 e. The fourth-order valence-electron chi connectivity index (χ4n) is 2.33. The van der Waals surface area contributed by atoms with Crippen molar-refractivity contribution in [2.45, 2.75) is 52.0 Å². The summed E-state index contributed by atoms with van der Waals surface area (Å²) in [5.74, 6) is 1.03. The molecule has 2 rings (SSSR count). The van der Waals surface area contributed by atoms with Gasteiger partial charge in [-0.05, 0) is 37.7 Å². The van der Waals surface area contributed by atoms with Crippen molar-refractivity contribution in [2.24, 2.45) is 0 Å². The van der Waals surface area contributed by atoms with Crippen LogP contribution < -0.4 is 0 Å². The number of aromatic nitrogens is 2. The summed E-state index contributed by atoms with van der Waals surface area (Å²) in [5, 5.41) is 0. The third kappa shape index (κ3) is 3.18. The van der Waals surface area contributed by atoms with Crippen LogP contribution in [0.4, 0.5) is 0 Å². The highest BCUT2D eigenvalue weighted by Crippen LogP contribution is 2.27. The second-order valence-corrected chi connectivity index (χ2v) is 6.45. The fraction of sp³-hybridized carbons (Fsp3) is 0.533. The third-order valence-corrected chi connectivity index (χ3v) is 3.72. The number of rotatable bonds is 4. The fourth-order valence-corrected chi connectivity index (χ4v) is 2.67. The zero-order valence-corrected chi connectivity index (χ0v) is 12.9. The normalized spacial score (nSPS) is 13.7. The second kappa shape index (κ2) is 5.37. The lowest BCUT2D eigenvalue weighted by Gasteiger charge is -2.24. The van der Waals surface area contributed by atoms with Gasteiger partial charge in [0.2, 0.25) is 0 Å². The number of furan rings is 1. The summed E-state index contributed by atoms with van der Waals surface area (Å²) in [6, 6.07) is 4.31. The molecule has 4 heteroatoms. The van der Waals surface area contributed by atoms with Crippen molar-refractivity contribution in [1.29, 1.82) is 0 Å². The lowest BCUT2D eigenvalue weighted by Crippen LogP contribution is -2.20. The van der Waals surface area contributed by atoms with Crippen LogP contribution >= 0.6 is 12.2 Å². The van der Waals surface area contributed by atoms with Crippen molar-refractivity contribution in [1.82, 2.24) is 9.55 Å². The smallest absolute Gasteiger partial charge is 0.177 e. The number of hydrogen-bond acceptors (Lipinski definition) is 2. The van der Waals surface area contributed by atoms with Crippen molar-refractivity contribution in [2.75, 3.05) is 0 Å². The van der Waals surface area contributed by atoms with Crippen LogP contribution in [-0.4, -0.2) is 9.55 Å². The van der Waals surface area contributed by atoms with E-state index in [1.165, 1.54) is 5.69 Å². The van der Waals surface area contributed by atoms with E-state index in [2.05, 4.69) is 37.2 Å². The molecular formula is C15H22N2OS. The van der Waals surface area contributed by atoms with E-state index in [1.54, 1.807) is 6.26 Å². The maximum Gasteiger partial charge on any atom is 0.177 e. The second-order valence-electron chi connectivity index (χ2n) is 6.07. The molecule has 2 aromatic heterocycles. The summed E-state index contributed by atoms with van der Waals surface area (Å²) in [5.41, 5.74) is 1.34. The van der Waals surface area contributed by atoms with Gasteiger partial charge in [-0.3, -0.25) is 0 Å². The number of H-pyrrole nitrogens is 1. The SMILES string of the molecule is CC(CCc1ccco1)n1c(C(C)(C)C)c[nH]c1=S. The van der Waals surface area contributed by atoms with Gasteiger partial charge in [0, 0.05) is 29.8 Å². The standard InChI is InChI=1S/C15H22N2OS/c1-11(7-8-12-6-5-9-18-12)17-13(15(2,3)4)10-16-14(17)19/h5-6,9-11H,7-8H2,1-4H3,(H,16,19). The number of hydrogen-bond donors (Lipinski definition) is 1. The van der Waals surface area contributed by atoms with Crippen LogP contribution in [-0.2, 0) is 11.8 Å². The van der Waals surface area contributed by atoms with E-state index < -0.39 is 0 Å². The number of aromatic amines is 1. The van der Waals surface area contributed by atoms with Gasteiger partial charge in [-0.1, -0.05) is 20.8 Å². The number of imidazole rings is 1. The van der Waals surface area contributed by atoms with Gasteiger partial charge < -0.3 is 14.0 Å². The lowest BCUT2D eigenvalue weighted by atomic mass is 9.92. The van der Waals surface area contributed by atoms with Crippen LogP contribution in [0.15, 0.2) is 29.0 Å². The molecule has 0 fully saturated rings. The van der Waals surface area contributed by atoms with Crippen LogP contribution in [0.3, 0.4) is 0 Å². The molecule has 0 aliphatic rings. The molecule has 0 spiro atoms. The van der Waals surface area contributed by atoms with Gasteiger partial charge in [-0.2, -0.15) is 0 Å². The Bertz CT molecular complexity index is 572. The minimum atomic E-state index is 0.0898. The topological polar surface area (TPSA) is 33.9 Å². The Hall–Kier alpha value is -1.29. The highest BCUT2D eigenvalue weighted by molar-refractivity contribution is 7.71. The number of nitrogens with one attached hydrogen (secondary N) is 1. The molecule has 0 saturated heterocycles. The number of aryl methyl sites for hydroxylation is 1. The van der Waals surface area contributed by atoms with Gasteiger partial charge in [-0.15, -0.1) is 0 Å². The predicted molar refractivity (Wildman–Crippen MR) is 80.1 cm³/mol. The Morgan fingerprint density at radius 1 is 1.42 bits per heavy atom. The Morgan fingerprint density at radius 2 is 2.16 bits per heavy atom. The summed E-state index contributed by atoms with van der Waals surface area (Å²) in [6.45, 7) is 8.84. The maximum atomic E-state index is 5.42. The highest BCUT2D eigenvalue weighted by atomic mass is 32.1. The van der Waals surface area contributed by atoms with Gasteiger partial charge >= 0.3 is 0 Å². The summed E-state index contributed by atoms with van der Waals surface area (Å²) in [4.78, 5) is 3.17. The Kier molecular flexibility index (Phi) is 3.99. The molecule has 1 N–H and O–H groups in total. The van der Waals surface area contributed by atoms with Crippen molar-refractivity contribution in [3.05, 3.63) is 40.8 Å². The van der Waals surface area contributed by atoms with Crippen LogP contribution in [0.2, 0.25) is 0 Å². The molecule has 104 valence electrons. The maximum absolute atomic E-state index is 5.42. The Labute approximate surface area is 119 Å². The zero-order valence-electron chi connectivity index (χ0n) is 12.1. The van der Waals surface area contributed by atoms with Gasteiger partial charge in [0.1, 0.15) is 5.76 Å². The third-order valence-electron chi connectivity index (χ3n) is 3.41. The average Bonchev–Trinajstić information content (AvgIpc) is 2.93. The molecule has 0 radical (unpaired) electrons. The van der Waals surface area contributed by atoms with Crippen LogP contribution in [0.5, 0.6) is 0 Å². The van der Waals surface area contributed by atoms with Crippen molar-refractivity contribution >= 4 is 12.2 Å². The first-order chi connectivity index (χ1) is 8.89. The molecule has 19 heavy (non-hydrogen) atoms. The highest BCUT2D eigenvalue weighted by Gasteiger charge is 2.21. The van der Waals surface area contributed by atoms with E-state index in [4.69, 9.17) is 16.6 Å². The van der Waals surface area contributed by atoms with E-state index >= 15 is 0 Å².